The van der Waals surface area contributed by atoms with Crippen LogP contribution in [-0.4, -0.2) is 42.8 Å². The van der Waals surface area contributed by atoms with E-state index in [-0.39, 0.29) is 11.9 Å². The van der Waals surface area contributed by atoms with Crippen LogP contribution in [0.3, 0.4) is 0 Å². The largest absolute Gasteiger partial charge is 0.333 e. The summed E-state index contributed by atoms with van der Waals surface area (Å²) >= 11 is 1.22. The lowest BCUT2D eigenvalue weighted by molar-refractivity contribution is 0.0586. The average molecular weight is 333 g/mol. The maximum Gasteiger partial charge on any atom is 0.267 e. The lowest BCUT2D eigenvalue weighted by atomic mass is 10.0. The number of amides is 1. The summed E-state index contributed by atoms with van der Waals surface area (Å²) in [5.74, 6) is 0.0862. The Bertz CT molecular complexity index is 692. The van der Waals surface area contributed by atoms with Gasteiger partial charge in [0.2, 0.25) is 0 Å². The van der Waals surface area contributed by atoms with E-state index in [2.05, 4.69) is 27.7 Å². The minimum Gasteiger partial charge on any atom is -0.333 e. The summed E-state index contributed by atoms with van der Waals surface area (Å²) in [5.41, 5.74) is 2.99. The summed E-state index contributed by atoms with van der Waals surface area (Å²) in [7, 11) is 0. The predicted octanol–water partition coefficient (Wildman–Crippen LogP) is 2.61. The molecule has 0 aromatic carbocycles. The molecule has 0 N–H and O–H groups in total. The van der Waals surface area contributed by atoms with Gasteiger partial charge in [0.15, 0.2) is 0 Å². The fourth-order valence-electron chi connectivity index (χ4n) is 3.25. The molecule has 1 atom stereocenters. The number of aryl methyl sites for hydroxylation is 3. The van der Waals surface area contributed by atoms with Gasteiger partial charge in [-0.05, 0) is 57.1 Å². The van der Waals surface area contributed by atoms with Crippen molar-refractivity contribution in [3.8, 4) is 0 Å². The van der Waals surface area contributed by atoms with Crippen LogP contribution in [0.25, 0.3) is 0 Å². The Labute approximate surface area is 140 Å². The number of rotatable bonds is 4. The number of carbonyl (C=O) groups is 1. The number of piperidine rings is 1. The third-order valence-corrected chi connectivity index (χ3v) is 5.22. The average Bonchev–Trinajstić information content (AvgIpc) is 3.13. The van der Waals surface area contributed by atoms with Gasteiger partial charge >= 0.3 is 0 Å². The highest BCUT2D eigenvalue weighted by Crippen LogP contribution is 2.24. The molecule has 7 heteroatoms. The van der Waals surface area contributed by atoms with Crippen molar-refractivity contribution >= 4 is 17.4 Å². The Kier molecular flexibility index (Phi) is 4.75. The fraction of sp³-hybridized carbons (Fsp3) is 0.625. The summed E-state index contributed by atoms with van der Waals surface area (Å²) in [4.78, 5) is 15.7. The number of hydrogen-bond donors (Lipinski definition) is 0. The van der Waals surface area contributed by atoms with Gasteiger partial charge in [-0.2, -0.15) is 5.10 Å². The highest BCUT2D eigenvalue weighted by molar-refractivity contribution is 7.08. The van der Waals surface area contributed by atoms with Gasteiger partial charge in [-0.3, -0.25) is 9.48 Å². The monoisotopic (exact) mass is 333 g/mol. The predicted molar refractivity (Wildman–Crippen MR) is 89.7 cm³/mol. The summed E-state index contributed by atoms with van der Waals surface area (Å²) in [5, 5.41) is 8.63. The van der Waals surface area contributed by atoms with Crippen molar-refractivity contribution in [2.75, 3.05) is 6.54 Å². The van der Waals surface area contributed by atoms with E-state index in [0.29, 0.717) is 4.88 Å². The van der Waals surface area contributed by atoms with Crippen LogP contribution in [0.4, 0.5) is 0 Å². The second-order valence-corrected chi connectivity index (χ2v) is 6.91. The standard InChI is InChI=1S/C16H23N5OS/c1-4-14-15(23-19-17-14)16(22)20-8-6-5-7-13(20)10-21-12(3)9-11(2)18-21/h9,13H,4-8,10H2,1-3H3. The van der Waals surface area contributed by atoms with E-state index in [4.69, 9.17) is 0 Å². The van der Waals surface area contributed by atoms with Crippen LogP contribution in [0.1, 0.15) is 52.9 Å². The zero-order valence-corrected chi connectivity index (χ0v) is 14.8. The van der Waals surface area contributed by atoms with Gasteiger partial charge in [-0.25, -0.2) is 0 Å². The van der Waals surface area contributed by atoms with Crippen LogP contribution < -0.4 is 0 Å². The van der Waals surface area contributed by atoms with Crippen molar-refractivity contribution in [3.63, 3.8) is 0 Å². The molecule has 23 heavy (non-hydrogen) atoms. The first-order chi connectivity index (χ1) is 11.1. The van der Waals surface area contributed by atoms with Crippen molar-refractivity contribution < 1.29 is 4.79 Å². The second kappa shape index (κ2) is 6.78. The number of nitrogens with zero attached hydrogens (tertiary/aromatic N) is 5. The Morgan fingerprint density at radius 3 is 2.91 bits per heavy atom. The Morgan fingerprint density at radius 2 is 2.22 bits per heavy atom. The van der Waals surface area contributed by atoms with Gasteiger partial charge < -0.3 is 4.90 Å². The molecule has 2 aromatic heterocycles. The summed E-state index contributed by atoms with van der Waals surface area (Å²) in [6, 6.07) is 2.28. The molecule has 3 rings (SSSR count). The van der Waals surface area contributed by atoms with Gasteiger partial charge in [0.25, 0.3) is 5.91 Å². The summed E-state index contributed by atoms with van der Waals surface area (Å²) in [6.07, 6.45) is 3.99. The highest BCUT2D eigenvalue weighted by Gasteiger charge is 2.30. The molecular formula is C16H23N5OS. The van der Waals surface area contributed by atoms with Crippen molar-refractivity contribution in [2.45, 2.75) is 59.0 Å². The number of likely N-dealkylation sites (tertiary alicyclic amines) is 1. The van der Waals surface area contributed by atoms with Gasteiger partial charge in [0.1, 0.15) is 4.88 Å². The van der Waals surface area contributed by atoms with Gasteiger partial charge in [-0.1, -0.05) is 11.4 Å². The van der Waals surface area contributed by atoms with E-state index in [1.807, 2.05) is 23.4 Å². The molecule has 124 valence electrons. The summed E-state index contributed by atoms with van der Waals surface area (Å²) in [6.45, 7) is 7.65. The van der Waals surface area contributed by atoms with Crippen LogP contribution in [0.5, 0.6) is 0 Å². The third-order valence-electron chi connectivity index (χ3n) is 4.46. The zero-order valence-electron chi connectivity index (χ0n) is 13.9. The number of hydrogen-bond acceptors (Lipinski definition) is 5. The molecule has 0 saturated carbocycles. The lowest BCUT2D eigenvalue weighted by Gasteiger charge is -2.35. The smallest absolute Gasteiger partial charge is 0.267 e. The minimum absolute atomic E-state index is 0.0862. The molecule has 1 aliphatic rings. The molecule has 1 amide bonds. The molecule has 0 bridgehead atoms. The Balaban J connectivity index is 1.81. The van der Waals surface area contributed by atoms with E-state index in [0.717, 1.165) is 55.9 Å². The van der Waals surface area contributed by atoms with E-state index in [1.165, 1.54) is 11.5 Å². The molecule has 1 unspecified atom stereocenters. The minimum atomic E-state index is 0.0862. The van der Waals surface area contributed by atoms with Gasteiger partial charge in [-0.15, -0.1) is 5.10 Å². The molecule has 0 spiro atoms. The van der Waals surface area contributed by atoms with Crippen LogP contribution in [0, 0.1) is 13.8 Å². The van der Waals surface area contributed by atoms with Crippen molar-refractivity contribution in [2.24, 2.45) is 0 Å². The molecule has 1 aliphatic heterocycles. The molecule has 2 aromatic rings. The maximum atomic E-state index is 13.0. The first kappa shape index (κ1) is 16.1. The van der Waals surface area contributed by atoms with E-state index < -0.39 is 0 Å². The quantitative estimate of drug-likeness (QED) is 0.863. The molecule has 6 nitrogen and oxygen atoms in total. The van der Waals surface area contributed by atoms with Crippen LogP contribution in [-0.2, 0) is 13.0 Å². The fourth-order valence-corrected chi connectivity index (χ4v) is 3.96. The first-order valence-corrected chi connectivity index (χ1v) is 9.00. The molecule has 1 saturated heterocycles. The van der Waals surface area contributed by atoms with Crippen molar-refractivity contribution in [3.05, 3.63) is 28.0 Å². The maximum absolute atomic E-state index is 13.0. The Hall–Kier alpha value is -1.76. The number of aromatic nitrogens is 4. The third kappa shape index (κ3) is 3.29. The van der Waals surface area contributed by atoms with Crippen LogP contribution in [0.15, 0.2) is 6.07 Å². The lowest BCUT2D eigenvalue weighted by Crippen LogP contribution is -2.46. The molecule has 0 aliphatic carbocycles. The first-order valence-electron chi connectivity index (χ1n) is 8.23. The van der Waals surface area contributed by atoms with Gasteiger partial charge in [0, 0.05) is 12.2 Å². The van der Waals surface area contributed by atoms with E-state index in [9.17, 15) is 4.79 Å². The Morgan fingerprint density at radius 1 is 1.39 bits per heavy atom. The van der Waals surface area contributed by atoms with Crippen molar-refractivity contribution in [1.82, 2.24) is 24.3 Å². The molecule has 0 radical (unpaired) electrons. The molecular weight excluding hydrogens is 310 g/mol. The number of carbonyl (C=O) groups excluding carboxylic acids is 1. The van der Waals surface area contributed by atoms with Crippen molar-refractivity contribution in [1.29, 1.82) is 0 Å². The topological polar surface area (TPSA) is 63.9 Å². The normalized spacial score (nSPS) is 18.4. The summed E-state index contributed by atoms with van der Waals surface area (Å²) < 4.78 is 5.99. The molecule has 3 heterocycles. The highest BCUT2D eigenvalue weighted by atomic mass is 32.1. The zero-order chi connectivity index (χ0) is 16.4. The van der Waals surface area contributed by atoms with Crippen LogP contribution in [0.2, 0.25) is 0 Å². The SMILES string of the molecule is CCc1nnsc1C(=O)N1CCCCC1Cn1nc(C)cc1C. The van der Waals surface area contributed by atoms with Crippen LogP contribution >= 0.6 is 11.5 Å². The van der Waals surface area contributed by atoms with E-state index >= 15 is 0 Å². The van der Waals surface area contributed by atoms with Gasteiger partial charge in [0.05, 0.1) is 24.0 Å². The second-order valence-electron chi connectivity index (χ2n) is 6.16. The molecule has 1 fully saturated rings. The van der Waals surface area contributed by atoms with E-state index in [1.54, 1.807) is 0 Å².